The molecule has 0 saturated carbocycles. The van der Waals surface area contributed by atoms with Crippen molar-refractivity contribution < 1.29 is 0 Å². The van der Waals surface area contributed by atoms with Crippen LogP contribution in [0.4, 0.5) is 0 Å². The molecule has 132 valence electrons. The minimum Gasteiger partial charge on any atom is -0.0917 e. The van der Waals surface area contributed by atoms with E-state index in [-0.39, 0.29) is 0 Å². The minimum atomic E-state index is 1.12. The van der Waals surface area contributed by atoms with Crippen LogP contribution in [0.5, 0.6) is 0 Å². The van der Waals surface area contributed by atoms with Gasteiger partial charge in [-0.2, -0.15) is 0 Å². The van der Waals surface area contributed by atoms with Crippen LogP contribution in [0.25, 0.3) is 0 Å². The van der Waals surface area contributed by atoms with Crippen molar-refractivity contribution in [1.29, 1.82) is 0 Å². The van der Waals surface area contributed by atoms with Crippen LogP contribution in [0.15, 0.2) is 85.1 Å². The van der Waals surface area contributed by atoms with Gasteiger partial charge in [0.05, 0.1) is 0 Å². The Labute approximate surface area is 150 Å². The van der Waals surface area contributed by atoms with Gasteiger partial charge in [0.15, 0.2) is 0 Å². The topological polar surface area (TPSA) is 0 Å². The SMILES string of the molecule is C/C=C/CC/C=C/CC/C=C/C=C/C=C/CC/C=C/CC/C=C/C. The molecule has 0 aromatic carbocycles. The lowest BCUT2D eigenvalue weighted by molar-refractivity contribution is 1.00. The van der Waals surface area contributed by atoms with Crippen molar-refractivity contribution in [3.63, 3.8) is 0 Å². The molecule has 0 spiro atoms. The van der Waals surface area contributed by atoms with E-state index in [0.29, 0.717) is 0 Å². The highest BCUT2D eigenvalue weighted by molar-refractivity contribution is 5.11. The molecule has 0 fully saturated rings. The van der Waals surface area contributed by atoms with Crippen LogP contribution in [0.3, 0.4) is 0 Å². The molecule has 0 aromatic rings. The van der Waals surface area contributed by atoms with Crippen molar-refractivity contribution in [2.45, 2.75) is 65.2 Å². The Morgan fingerprint density at radius 3 is 0.958 bits per heavy atom. The van der Waals surface area contributed by atoms with Gasteiger partial charge in [-0.3, -0.25) is 0 Å². The van der Waals surface area contributed by atoms with Gasteiger partial charge in [-0.05, 0) is 65.2 Å². The number of hydrogen-bond acceptors (Lipinski definition) is 0. The molecular weight excluding hydrogens is 288 g/mol. The highest BCUT2D eigenvalue weighted by Crippen LogP contribution is 1.99. The van der Waals surface area contributed by atoms with Crippen LogP contribution >= 0.6 is 0 Å². The van der Waals surface area contributed by atoms with Crippen LogP contribution in [0.1, 0.15) is 65.2 Å². The molecule has 0 atom stereocenters. The van der Waals surface area contributed by atoms with E-state index in [1.54, 1.807) is 0 Å². The summed E-state index contributed by atoms with van der Waals surface area (Å²) in [5.74, 6) is 0. The zero-order chi connectivity index (χ0) is 17.6. The molecule has 0 unspecified atom stereocenters. The second-order valence-electron chi connectivity index (χ2n) is 5.63. The monoisotopic (exact) mass is 324 g/mol. The zero-order valence-corrected chi connectivity index (χ0v) is 15.7. The van der Waals surface area contributed by atoms with Crippen molar-refractivity contribution in [3.05, 3.63) is 85.1 Å². The normalized spacial score (nSPS) is 13.6. The molecule has 0 N–H and O–H groups in total. The van der Waals surface area contributed by atoms with E-state index in [4.69, 9.17) is 0 Å². The molecule has 0 amide bonds. The lowest BCUT2D eigenvalue weighted by atomic mass is 10.2. The third-order valence-electron chi connectivity index (χ3n) is 3.41. The largest absolute Gasteiger partial charge is 0.0917 e. The molecule has 0 aliphatic carbocycles. The molecule has 0 bridgehead atoms. The van der Waals surface area contributed by atoms with Crippen molar-refractivity contribution in [2.75, 3.05) is 0 Å². The first-order valence-electron chi connectivity index (χ1n) is 9.42. The predicted molar refractivity (Wildman–Crippen MR) is 112 cm³/mol. The highest BCUT2D eigenvalue weighted by Gasteiger charge is 1.79. The van der Waals surface area contributed by atoms with E-state index in [0.717, 1.165) is 51.4 Å². The molecule has 0 aromatic heterocycles. The molecule has 0 heterocycles. The average Bonchev–Trinajstić information content (AvgIpc) is 2.60. The third-order valence-corrected chi connectivity index (χ3v) is 3.41. The lowest BCUT2D eigenvalue weighted by Crippen LogP contribution is -1.67. The summed E-state index contributed by atoms with van der Waals surface area (Å²) in [6, 6.07) is 0. The summed E-state index contributed by atoms with van der Waals surface area (Å²) < 4.78 is 0. The Balaban J connectivity index is 3.49. The van der Waals surface area contributed by atoms with E-state index in [1.165, 1.54) is 0 Å². The van der Waals surface area contributed by atoms with Gasteiger partial charge in [0.2, 0.25) is 0 Å². The Morgan fingerprint density at radius 2 is 0.625 bits per heavy atom. The van der Waals surface area contributed by atoms with Gasteiger partial charge in [0, 0.05) is 0 Å². The zero-order valence-electron chi connectivity index (χ0n) is 15.7. The maximum atomic E-state index is 2.28. The van der Waals surface area contributed by atoms with Crippen molar-refractivity contribution in [1.82, 2.24) is 0 Å². The van der Waals surface area contributed by atoms with Crippen LogP contribution < -0.4 is 0 Å². The van der Waals surface area contributed by atoms with Crippen LogP contribution in [-0.4, -0.2) is 0 Å². The number of hydrogen-bond donors (Lipinski definition) is 0. The Morgan fingerprint density at radius 1 is 0.333 bits per heavy atom. The number of rotatable bonds is 14. The smallest absolute Gasteiger partial charge is 0.0313 e. The van der Waals surface area contributed by atoms with E-state index in [9.17, 15) is 0 Å². The summed E-state index contributed by atoms with van der Waals surface area (Å²) in [7, 11) is 0. The van der Waals surface area contributed by atoms with Gasteiger partial charge in [-0.25, -0.2) is 0 Å². The summed E-state index contributed by atoms with van der Waals surface area (Å²) in [6.07, 6.45) is 39.9. The Hall–Kier alpha value is -1.82. The Bertz CT molecular complexity index is 397. The van der Waals surface area contributed by atoms with Gasteiger partial charge >= 0.3 is 0 Å². The van der Waals surface area contributed by atoms with Gasteiger partial charge in [0.1, 0.15) is 0 Å². The molecule has 0 aliphatic heterocycles. The van der Waals surface area contributed by atoms with E-state index in [1.807, 2.05) is 0 Å². The second kappa shape index (κ2) is 21.2. The van der Waals surface area contributed by atoms with Crippen molar-refractivity contribution >= 4 is 0 Å². The number of unbranched alkanes of at least 4 members (excludes halogenated alkanes) is 4. The molecule has 0 radical (unpaired) electrons. The lowest BCUT2D eigenvalue weighted by Gasteiger charge is -1.88. The fraction of sp³-hybridized carbons (Fsp3) is 0.417. The maximum absolute atomic E-state index is 2.28. The second-order valence-corrected chi connectivity index (χ2v) is 5.63. The standard InChI is InChI=1S/C24H36/c1-3-5-7-9-11-13-15-17-19-21-23-24-22-20-18-16-14-12-10-8-6-4-2/h3-6,11-14,19-24H,7-10,15-18H2,1-2H3/b5-3+,6-4+,13-11+,14-12+,21-19+,22-20+,24-23+. The molecule has 0 saturated heterocycles. The van der Waals surface area contributed by atoms with Crippen LogP contribution in [-0.2, 0) is 0 Å². The summed E-state index contributed by atoms with van der Waals surface area (Å²) in [6.45, 7) is 4.14. The molecular formula is C24H36. The first kappa shape index (κ1) is 22.2. The summed E-state index contributed by atoms with van der Waals surface area (Å²) >= 11 is 0. The highest BCUT2D eigenvalue weighted by atomic mass is 13.9. The van der Waals surface area contributed by atoms with Gasteiger partial charge in [-0.1, -0.05) is 85.1 Å². The summed E-state index contributed by atoms with van der Waals surface area (Å²) in [5, 5.41) is 0. The van der Waals surface area contributed by atoms with Crippen molar-refractivity contribution in [3.8, 4) is 0 Å². The van der Waals surface area contributed by atoms with Gasteiger partial charge < -0.3 is 0 Å². The molecule has 24 heavy (non-hydrogen) atoms. The fourth-order valence-electron chi connectivity index (χ4n) is 2.05. The van der Waals surface area contributed by atoms with Crippen LogP contribution in [0.2, 0.25) is 0 Å². The van der Waals surface area contributed by atoms with Gasteiger partial charge in [-0.15, -0.1) is 0 Å². The molecule has 0 heteroatoms. The predicted octanol–water partition coefficient (Wildman–Crippen LogP) is 8.04. The molecule has 0 aliphatic rings. The van der Waals surface area contributed by atoms with Crippen LogP contribution in [0, 0.1) is 0 Å². The minimum absolute atomic E-state index is 1.12. The average molecular weight is 325 g/mol. The van der Waals surface area contributed by atoms with Gasteiger partial charge in [0.25, 0.3) is 0 Å². The quantitative estimate of drug-likeness (QED) is 0.172. The molecule has 0 rings (SSSR count). The summed E-state index contributed by atoms with van der Waals surface area (Å²) in [5.41, 5.74) is 0. The van der Waals surface area contributed by atoms with E-state index < -0.39 is 0 Å². The number of allylic oxidation sites excluding steroid dienone is 14. The Kier molecular flexibility index (Phi) is 19.6. The fourth-order valence-corrected chi connectivity index (χ4v) is 2.05. The van der Waals surface area contributed by atoms with Crippen molar-refractivity contribution in [2.24, 2.45) is 0 Å². The third kappa shape index (κ3) is 20.2. The van der Waals surface area contributed by atoms with E-state index >= 15 is 0 Å². The molecule has 0 nitrogen and oxygen atoms in total. The van der Waals surface area contributed by atoms with E-state index in [2.05, 4.69) is 98.9 Å². The summed E-state index contributed by atoms with van der Waals surface area (Å²) in [4.78, 5) is 0. The first-order chi connectivity index (χ1) is 11.9. The maximum Gasteiger partial charge on any atom is -0.0313 e. The first-order valence-corrected chi connectivity index (χ1v) is 9.42.